The van der Waals surface area contributed by atoms with Gasteiger partial charge in [-0.15, -0.1) is 0 Å². The maximum absolute atomic E-state index is 15.1. The molecule has 2 aromatic heterocycles. The summed E-state index contributed by atoms with van der Waals surface area (Å²) < 4.78 is 20.8. The van der Waals surface area contributed by atoms with Crippen LogP contribution in [0.15, 0.2) is 5.16 Å². The van der Waals surface area contributed by atoms with E-state index in [1.54, 1.807) is 4.90 Å². The van der Waals surface area contributed by atoms with Crippen molar-refractivity contribution in [2.45, 2.75) is 83.1 Å². The Kier molecular flexibility index (Phi) is 6.66. The molecule has 10 heteroatoms. The van der Waals surface area contributed by atoms with E-state index in [-0.39, 0.29) is 34.8 Å². The molecule has 0 bridgehead atoms. The smallest absolute Gasteiger partial charge is 0.410 e. The van der Waals surface area contributed by atoms with Gasteiger partial charge in [0.25, 0.3) is 0 Å². The summed E-state index contributed by atoms with van der Waals surface area (Å²) in [6.45, 7) is 12.8. The van der Waals surface area contributed by atoms with Crippen LogP contribution in [-0.2, 0) is 4.74 Å². The Balaban J connectivity index is 1.83. The normalized spacial score (nSPS) is 23.2. The van der Waals surface area contributed by atoms with Gasteiger partial charge in [0, 0.05) is 13.1 Å². The number of carbonyl (C=O) groups excluding carboxylic acids is 1. The third-order valence-electron chi connectivity index (χ3n) is 6.30. The Labute approximate surface area is 203 Å². The molecule has 0 aliphatic carbocycles. The molecule has 33 heavy (non-hydrogen) atoms. The molecular weight excluding hydrogens is 465 g/mol. The largest absolute Gasteiger partial charge is 0.444 e. The van der Waals surface area contributed by atoms with Gasteiger partial charge in [-0.3, -0.25) is 0 Å². The summed E-state index contributed by atoms with van der Waals surface area (Å²) in [5.74, 6) is 0.882. The lowest BCUT2D eigenvalue weighted by molar-refractivity contribution is 0.0106. The summed E-state index contributed by atoms with van der Waals surface area (Å²) in [4.78, 5) is 30.7. The number of rotatable bonds is 2. The average Bonchev–Trinajstić information content (AvgIpc) is 2.72. The Morgan fingerprint density at radius 2 is 1.94 bits per heavy atom. The number of anilines is 1. The molecule has 0 N–H and O–H groups in total. The third kappa shape index (κ3) is 4.58. The van der Waals surface area contributed by atoms with Gasteiger partial charge in [-0.1, -0.05) is 37.2 Å². The van der Waals surface area contributed by atoms with E-state index in [1.165, 1.54) is 11.8 Å². The van der Waals surface area contributed by atoms with Gasteiger partial charge in [-0.05, 0) is 52.2 Å². The minimum Gasteiger partial charge on any atom is -0.444 e. The van der Waals surface area contributed by atoms with E-state index in [1.807, 2.05) is 27.7 Å². The summed E-state index contributed by atoms with van der Waals surface area (Å²) >= 11 is 7.64. The Morgan fingerprint density at radius 1 is 1.21 bits per heavy atom. The molecule has 7 nitrogen and oxygen atoms in total. The van der Waals surface area contributed by atoms with Gasteiger partial charge in [-0.25, -0.2) is 24.1 Å². The minimum absolute atomic E-state index is 0.0122. The highest BCUT2D eigenvalue weighted by Crippen LogP contribution is 2.42. The molecule has 1 amide bonds. The fourth-order valence-electron chi connectivity index (χ4n) is 4.74. The molecule has 3 atom stereocenters. The second kappa shape index (κ2) is 9.06. The number of fused-ring (bicyclic) bond motifs is 2. The standard InChI is InChI=1S/C23H31ClFN5O2S/c1-7-33-21-27-18-15-17(26-19(24)16(18)25)12(2)8-9-14-13(3)29(22(31)32-23(4,5)6)10-11-30(14)20(15)28-21/h12-14H,7-11H2,1-6H3/t12-,13-,14+/m0/s1. The van der Waals surface area contributed by atoms with Crippen LogP contribution in [0.25, 0.3) is 10.9 Å². The minimum atomic E-state index is -0.609. The molecule has 1 fully saturated rings. The van der Waals surface area contributed by atoms with Crippen LogP contribution in [0.3, 0.4) is 0 Å². The van der Waals surface area contributed by atoms with Crippen molar-refractivity contribution in [1.29, 1.82) is 0 Å². The number of piperazine rings is 1. The second-order valence-corrected chi connectivity index (χ2v) is 11.3. The first-order chi connectivity index (χ1) is 15.5. The molecule has 0 aromatic carbocycles. The van der Waals surface area contributed by atoms with Crippen LogP contribution in [0.2, 0.25) is 5.15 Å². The Bertz CT molecular complexity index is 1080. The van der Waals surface area contributed by atoms with Crippen LogP contribution in [0, 0.1) is 5.82 Å². The topological polar surface area (TPSA) is 71.5 Å². The van der Waals surface area contributed by atoms with Gasteiger partial charge in [0.1, 0.15) is 16.9 Å². The van der Waals surface area contributed by atoms with Crippen LogP contribution in [0.1, 0.15) is 66.0 Å². The molecule has 2 aromatic rings. The van der Waals surface area contributed by atoms with Crippen LogP contribution in [0.4, 0.5) is 15.0 Å². The van der Waals surface area contributed by atoms with E-state index >= 15 is 4.39 Å². The quantitative estimate of drug-likeness (QED) is 0.303. The number of amides is 1. The Morgan fingerprint density at radius 3 is 2.61 bits per heavy atom. The molecule has 2 aliphatic rings. The zero-order valence-corrected chi connectivity index (χ0v) is 21.6. The molecule has 0 unspecified atom stereocenters. The van der Waals surface area contributed by atoms with E-state index in [9.17, 15) is 4.79 Å². The first kappa shape index (κ1) is 24.3. The molecular formula is C23H31ClFN5O2S. The number of carbonyl (C=O) groups is 1. The summed E-state index contributed by atoms with van der Waals surface area (Å²) in [6, 6.07) is -0.0852. The Hall–Kier alpha value is -1.87. The number of pyridine rings is 1. The van der Waals surface area contributed by atoms with Crippen LogP contribution < -0.4 is 4.90 Å². The van der Waals surface area contributed by atoms with Crippen molar-refractivity contribution in [2.24, 2.45) is 0 Å². The van der Waals surface area contributed by atoms with Crippen LogP contribution in [-0.4, -0.2) is 62.5 Å². The van der Waals surface area contributed by atoms with Gasteiger partial charge in [0.15, 0.2) is 16.1 Å². The number of nitrogens with zero attached hydrogens (tertiary/aromatic N) is 5. The fraction of sp³-hybridized carbons (Fsp3) is 0.652. The molecule has 1 saturated heterocycles. The highest BCUT2D eigenvalue weighted by atomic mass is 35.5. The number of aromatic nitrogens is 3. The van der Waals surface area contributed by atoms with Crippen molar-refractivity contribution in [1.82, 2.24) is 19.9 Å². The lowest BCUT2D eigenvalue weighted by Gasteiger charge is -2.48. The number of ether oxygens (including phenoxy) is 1. The molecule has 4 heterocycles. The van der Waals surface area contributed by atoms with E-state index < -0.39 is 11.4 Å². The zero-order valence-electron chi connectivity index (χ0n) is 20.0. The van der Waals surface area contributed by atoms with E-state index in [2.05, 4.69) is 28.7 Å². The van der Waals surface area contributed by atoms with Crippen LogP contribution in [0.5, 0.6) is 0 Å². The van der Waals surface area contributed by atoms with Crippen molar-refractivity contribution in [3.63, 3.8) is 0 Å². The first-order valence-electron chi connectivity index (χ1n) is 11.5. The molecule has 4 rings (SSSR count). The highest BCUT2D eigenvalue weighted by Gasteiger charge is 2.41. The lowest BCUT2D eigenvalue weighted by Crippen LogP contribution is -2.61. The number of hydrogen-bond acceptors (Lipinski definition) is 7. The molecule has 0 radical (unpaired) electrons. The van der Waals surface area contributed by atoms with Crippen molar-refractivity contribution >= 4 is 46.2 Å². The predicted octanol–water partition coefficient (Wildman–Crippen LogP) is 5.64. The SMILES string of the molecule is CCSc1nc2c3c(nc(Cl)c(F)c3n1)[C@@H](C)CC[C@@H]1[C@H](C)N(C(=O)OC(C)(C)C)CCN21. The fourth-order valence-corrected chi connectivity index (χ4v) is 5.48. The summed E-state index contributed by atoms with van der Waals surface area (Å²) in [6.07, 6.45) is 1.35. The zero-order chi connectivity index (χ0) is 24.1. The van der Waals surface area contributed by atoms with E-state index in [0.29, 0.717) is 29.5 Å². The summed E-state index contributed by atoms with van der Waals surface area (Å²) in [7, 11) is 0. The third-order valence-corrected chi connectivity index (χ3v) is 7.28. The monoisotopic (exact) mass is 495 g/mol. The molecule has 180 valence electrons. The highest BCUT2D eigenvalue weighted by molar-refractivity contribution is 7.99. The second-order valence-electron chi connectivity index (χ2n) is 9.74. The maximum atomic E-state index is 15.1. The number of hydrogen-bond donors (Lipinski definition) is 0. The lowest BCUT2D eigenvalue weighted by atomic mass is 9.88. The van der Waals surface area contributed by atoms with Gasteiger partial charge < -0.3 is 14.5 Å². The van der Waals surface area contributed by atoms with Gasteiger partial charge in [0.05, 0.1) is 23.2 Å². The van der Waals surface area contributed by atoms with Gasteiger partial charge >= 0.3 is 6.09 Å². The molecule has 0 spiro atoms. The van der Waals surface area contributed by atoms with Crippen molar-refractivity contribution in [3.05, 3.63) is 16.7 Å². The molecule has 0 saturated carbocycles. The van der Waals surface area contributed by atoms with Crippen molar-refractivity contribution in [3.8, 4) is 0 Å². The van der Waals surface area contributed by atoms with Gasteiger partial charge in [0.2, 0.25) is 0 Å². The van der Waals surface area contributed by atoms with E-state index in [0.717, 1.165) is 24.3 Å². The summed E-state index contributed by atoms with van der Waals surface area (Å²) in [5, 5.41) is 0.996. The maximum Gasteiger partial charge on any atom is 0.410 e. The predicted molar refractivity (Wildman–Crippen MR) is 130 cm³/mol. The van der Waals surface area contributed by atoms with Crippen molar-refractivity contribution < 1.29 is 13.9 Å². The number of thioether (sulfide) groups is 1. The van der Waals surface area contributed by atoms with Gasteiger partial charge in [-0.2, -0.15) is 0 Å². The number of halogens is 2. The average molecular weight is 496 g/mol. The van der Waals surface area contributed by atoms with E-state index in [4.69, 9.17) is 21.3 Å². The molecule has 2 aliphatic heterocycles. The first-order valence-corrected chi connectivity index (χ1v) is 12.8. The van der Waals surface area contributed by atoms with Crippen LogP contribution >= 0.6 is 23.4 Å². The summed E-state index contributed by atoms with van der Waals surface area (Å²) in [5.41, 5.74) is 0.399. The van der Waals surface area contributed by atoms with Crippen molar-refractivity contribution in [2.75, 3.05) is 23.7 Å².